The highest BCUT2D eigenvalue weighted by atomic mass is 127. The molecule has 0 bridgehead atoms. The zero-order valence-corrected chi connectivity index (χ0v) is 19.7. The SMILES string of the molecule is CCNC(=NCc1ccc(C)cc1OC(C)CC)NCCc1nc(C)no1.I. The lowest BCUT2D eigenvalue weighted by atomic mass is 10.1. The Labute approximate surface area is 184 Å². The highest BCUT2D eigenvalue weighted by Crippen LogP contribution is 2.23. The molecule has 1 aromatic heterocycles. The first kappa shape index (κ1) is 24.2. The summed E-state index contributed by atoms with van der Waals surface area (Å²) in [5.74, 6) is 2.94. The van der Waals surface area contributed by atoms with E-state index in [1.165, 1.54) is 5.56 Å². The van der Waals surface area contributed by atoms with E-state index in [2.05, 4.69) is 59.7 Å². The molecule has 0 aliphatic heterocycles. The van der Waals surface area contributed by atoms with Crippen LogP contribution in [-0.4, -0.2) is 35.3 Å². The number of aromatic nitrogens is 2. The van der Waals surface area contributed by atoms with Crippen LogP contribution < -0.4 is 15.4 Å². The van der Waals surface area contributed by atoms with Gasteiger partial charge in [-0.05, 0) is 45.7 Å². The first-order valence-electron chi connectivity index (χ1n) is 9.59. The number of rotatable bonds is 9. The van der Waals surface area contributed by atoms with Gasteiger partial charge in [0.15, 0.2) is 11.8 Å². The maximum Gasteiger partial charge on any atom is 0.228 e. The van der Waals surface area contributed by atoms with E-state index in [1.54, 1.807) is 0 Å². The normalized spacial score (nSPS) is 12.2. The molecule has 28 heavy (non-hydrogen) atoms. The molecule has 0 aliphatic rings. The molecule has 2 rings (SSSR count). The Bertz CT molecular complexity index is 748. The van der Waals surface area contributed by atoms with Crippen molar-refractivity contribution in [2.75, 3.05) is 13.1 Å². The summed E-state index contributed by atoms with van der Waals surface area (Å²) >= 11 is 0. The monoisotopic (exact) mass is 501 g/mol. The summed E-state index contributed by atoms with van der Waals surface area (Å²) in [7, 11) is 0. The molecule has 0 amide bonds. The van der Waals surface area contributed by atoms with Crippen molar-refractivity contribution in [3.05, 3.63) is 41.0 Å². The predicted molar refractivity (Wildman–Crippen MR) is 123 cm³/mol. The predicted octanol–water partition coefficient (Wildman–Crippen LogP) is 3.78. The molecule has 7 nitrogen and oxygen atoms in total. The van der Waals surface area contributed by atoms with Crippen molar-refractivity contribution in [1.82, 2.24) is 20.8 Å². The Morgan fingerprint density at radius 2 is 2.04 bits per heavy atom. The number of guanidine groups is 1. The average molecular weight is 501 g/mol. The smallest absolute Gasteiger partial charge is 0.228 e. The number of benzene rings is 1. The lowest BCUT2D eigenvalue weighted by molar-refractivity contribution is 0.215. The van der Waals surface area contributed by atoms with E-state index < -0.39 is 0 Å². The molecule has 1 heterocycles. The minimum atomic E-state index is 0. The van der Waals surface area contributed by atoms with Crippen LogP contribution >= 0.6 is 24.0 Å². The molecule has 2 N–H and O–H groups in total. The summed E-state index contributed by atoms with van der Waals surface area (Å²) < 4.78 is 11.2. The van der Waals surface area contributed by atoms with Crippen LogP contribution in [0.1, 0.15) is 50.0 Å². The van der Waals surface area contributed by atoms with Crippen LogP contribution in [0.4, 0.5) is 0 Å². The van der Waals surface area contributed by atoms with Crippen LogP contribution in [0.25, 0.3) is 0 Å². The lowest BCUT2D eigenvalue weighted by Gasteiger charge is -2.17. The van der Waals surface area contributed by atoms with E-state index >= 15 is 0 Å². The van der Waals surface area contributed by atoms with Gasteiger partial charge in [0, 0.05) is 25.1 Å². The van der Waals surface area contributed by atoms with Gasteiger partial charge in [0.25, 0.3) is 0 Å². The molecule has 0 fully saturated rings. The van der Waals surface area contributed by atoms with Crippen LogP contribution in [0.3, 0.4) is 0 Å². The Balaban J connectivity index is 0.00000392. The quantitative estimate of drug-likeness (QED) is 0.309. The first-order valence-corrected chi connectivity index (χ1v) is 9.59. The van der Waals surface area contributed by atoms with Crippen LogP contribution in [0.15, 0.2) is 27.7 Å². The zero-order chi connectivity index (χ0) is 19.6. The minimum Gasteiger partial charge on any atom is -0.490 e. The van der Waals surface area contributed by atoms with E-state index in [4.69, 9.17) is 14.3 Å². The molecule has 0 spiro atoms. The summed E-state index contributed by atoms with van der Waals surface area (Å²) in [5.41, 5.74) is 2.26. The molecule has 156 valence electrons. The van der Waals surface area contributed by atoms with Crippen molar-refractivity contribution in [2.24, 2.45) is 4.99 Å². The number of hydrogen-bond acceptors (Lipinski definition) is 5. The van der Waals surface area contributed by atoms with Gasteiger partial charge in [0.05, 0.1) is 12.6 Å². The fourth-order valence-electron chi connectivity index (χ4n) is 2.44. The number of ether oxygens (including phenoxy) is 1. The summed E-state index contributed by atoms with van der Waals surface area (Å²) in [6.45, 7) is 12.1. The molecule has 1 unspecified atom stereocenters. The molecule has 2 aromatic rings. The highest BCUT2D eigenvalue weighted by molar-refractivity contribution is 14.0. The van der Waals surface area contributed by atoms with Crippen LogP contribution in [-0.2, 0) is 13.0 Å². The van der Waals surface area contributed by atoms with E-state index in [9.17, 15) is 0 Å². The number of aryl methyl sites for hydroxylation is 2. The highest BCUT2D eigenvalue weighted by Gasteiger charge is 2.09. The zero-order valence-electron chi connectivity index (χ0n) is 17.4. The lowest BCUT2D eigenvalue weighted by Crippen LogP contribution is -2.38. The molecule has 1 atom stereocenters. The topological polar surface area (TPSA) is 84.6 Å². The van der Waals surface area contributed by atoms with Gasteiger partial charge >= 0.3 is 0 Å². The second-order valence-electron chi connectivity index (χ2n) is 6.56. The van der Waals surface area contributed by atoms with Crippen molar-refractivity contribution >= 4 is 29.9 Å². The van der Waals surface area contributed by atoms with Gasteiger partial charge in [0.1, 0.15) is 5.75 Å². The van der Waals surface area contributed by atoms with Crippen LogP contribution in [0.5, 0.6) is 5.75 Å². The fourth-order valence-corrected chi connectivity index (χ4v) is 2.44. The second-order valence-corrected chi connectivity index (χ2v) is 6.56. The van der Waals surface area contributed by atoms with E-state index in [0.29, 0.717) is 31.2 Å². The Kier molecular flexibility index (Phi) is 10.9. The van der Waals surface area contributed by atoms with Gasteiger partial charge in [-0.3, -0.25) is 0 Å². The van der Waals surface area contributed by atoms with Gasteiger partial charge in [-0.1, -0.05) is 24.2 Å². The van der Waals surface area contributed by atoms with Gasteiger partial charge in [-0.15, -0.1) is 24.0 Å². The third-order valence-corrected chi connectivity index (χ3v) is 4.08. The summed E-state index contributed by atoms with van der Waals surface area (Å²) in [6.07, 6.45) is 1.80. The Morgan fingerprint density at radius 1 is 1.25 bits per heavy atom. The van der Waals surface area contributed by atoms with Crippen LogP contribution in [0, 0.1) is 13.8 Å². The largest absolute Gasteiger partial charge is 0.490 e. The number of nitrogens with one attached hydrogen (secondary N) is 2. The summed E-state index contributed by atoms with van der Waals surface area (Å²) in [4.78, 5) is 8.90. The Morgan fingerprint density at radius 3 is 2.68 bits per heavy atom. The third kappa shape index (κ3) is 8.04. The molecule has 1 aromatic carbocycles. The third-order valence-electron chi connectivity index (χ3n) is 4.08. The fraction of sp³-hybridized carbons (Fsp3) is 0.550. The van der Waals surface area contributed by atoms with Gasteiger partial charge in [0.2, 0.25) is 5.89 Å². The number of hydrogen-bond donors (Lipinski definition) is 2. The minimum absolute atomic E-state index is 0. The number of halogens is 1. The maximum atomic E-state index is 6.07. The first-order chi connectivity index (χ1) is 13.0. The van der Waals surface area contributed by atoms with E-state index in [-0.39, 0.29) is 30.1 Å². The average Bonchev–Trinajstić information content (AvgIpc) is 3.06. The molecular formula is C20H32IN5O2. The van der Waals surface area contributed by atoms with Crippen molar-refractivity contribution in [3.8, 4) is 5.75 Å². The van der Waals surface area contributed by atoms with Crippen molar-refractivity contribution in [3.63, 3.8) is 0 Å². The standard InChI is InChI=1S/C20H31N5O2.HI/c1-6-15(4)26-18-12-14(3)8-9-17(18)13-23-20(21-7-2)22-11-10-19-24-16(5)25-27-19;/h8-9,12,15H,6-7,10-11,13H2,1-5H3,(H2,21,22,23);1H. The van der Waals surface area contributed by atoms with E-state index in [0.717, 1.165) is 30.2 Å². The van der Waals surface area contributed by atoms with Gasteiger partial charge < -0.3 is 19.9 Å². The van der Waals surface area contributed by atoms with Gasteiger partial charge in [-0.25, -0.2) is 4.99 Å². The molecular weight excluding hydrogens is 469 g/mol. The van der Waals surface area contributed by atoms with E-state index in [1.807, 2.05) is 13.8 Å². The number of aliphatic imine (C=N–C) groups is 1. The number of nitrogens with zero attached hydrogens (tertiary/aromatic N) is 3. The molecule has 0 saturated carbocycles. The van der Waals surface area contributed by atoms with Crippen molar-refractivity contribution < 1.29 is 9.26 Å². The summed E-state index contributed by atoms with van der Waals surface area (Å²) in [5, 5.41) is 10.4. The summed E-state index contributed by atoms with van der Waals surface area (Å²) in [6, 6.07) is 6.25. The molecule has 0 radical (unpaired) electrons. The second kappa shape index (κ2) is 12.6. The molecule has 8 heteroatoms. The maximum absolute atomic E-state index is 6.07. The molecule has 0 saturated heterocycles. The van der Waals surface area contributed by atoms with Crippen molar-refractivity contribution in [1.29, 1.82) is 0 Å². The Hall–Kier alpha value is -1.84. The molecule has 0 aliphatic carbocycles. The van der Waals surface area contributed by atoms with Crippen LogP contribution in [0.2, 0.25) is 0 Å². The van der Waals surface area contributed by atoms with Gasteiger partial charge in [-0.2, -0.15) is 4.98 Å². The van der Waals surface area contributed by atoms with Crippen molar-refractivity contribution in [2.45, 2.75) is 60.1 Å².